The van der Waals surface area contributed by atoms with Crippen molar-refractivity contribution in [3.63, 3.8) is 0 Å². The molecular formula is C26H34N2O4. The van der Waals surface area contributed by atoms with Crippen molar-refractivity contribution in [3.8, 4) is 17.6 Å². The topological polar surface area (TPSA) is 79.6 Å². The largest absolute Gasteiger partial charge is 0.493 e. The second-order valence-corrected chi connectivity index (χ2v) is 7.96. The molecular weight excluding hydrogens is 404 g/mol. The number of benzene rings is 1. The highest BCUT2D eigenvalue weighted by atomic mass is 16.5. The van der Waals surface area contributed by atoms with Gasteiger partial charge in [-0.1, -0.05) is 52.0 Å². The maximum absolute atomic E-state index is 12.9. The average molecular weight is 439 g/mol. The fourth-order valence-electron chi connectivity index (χ4n) is 3.68. The number of ether oxygens (including phenoxy) is 2. The Hall–Kier alpha value is -3.07. The summed E-state index contributed by atoms with van der Waals surface area (Å²) in [7, 11) is 1.58. The highest BCUT2D eigenvalue weighted by Crippen LogP contribution is 2.32. The van der Waals surface area contributed by atoms with Crippen molar-refractivity contribution in [3.05, 3.63) is 40.5 Å². The minimum absolute atomic E-state index is 0.00940. The van der Waals surface area contributed by atoms with E-state index in [9.17, 15) is 14.9 Å². The van der Waals surface area contributed by atoms with E-state index in [1.165, 1.54) is 25.7 Å². The van der Waals surface area contributed by atoms with Crippen LogP contribution in [0.2, 0.25) is 0 Å². The molecule has 0 saturated heterocycles. The number of rotatable bonds is 12. The number of methoxy groups -OCH3 is 1. The Bertz CT molecular complexity index is 924. The Morgan fingerprint density at radius 2 is 1.72 bits per heavy atom. The molecule has 32 heavy (non-hydrogen) atoms. The smallest absolute Gasteiger partial charge is 0.271 e. The van der Waals surface area contributed by atoms with Crippen molar-refractivity contribution >= 4 is 17.9 Å². The van der Waals surface area contributed by atoms with E-state index in [4.69, 9.17) is 9.47 Å². The first kappa shape index (κ1) is 25.2. The number of hydrogen-bond donors (Lipinski definition) is 0. The van der Waals surface area contributed by atoms with Crippen LogP contribution in [0.25, 0.3) is 6.08 Å². The fourth-order valence-corrected chi connectivity index (χ4v) is 3.68. The van der Waals surface area contributed by atoms with Crippen molar-refractivity contribution in [2.24, 2.45) is 0 Å². The van der Waals surface area contributed by atoms with Crippen LogP contribution in [0.15, 0.2) is 34.9 Å². The lowest BCUT2D eigenvalue weighted by atomic mass is 9.93. The van der Waals surface area contributed by atoms with Crippen molar-refractivity contribution < 1.29 is 19.1 Å². The molecule has 2 amide bonds. The molecule has 1 heterocycles. The van der Waals surface area contributed by atoms with E-state index in [2.05, 4.69) is 6.92 Å². The van der Waals surface area contributed by atoms with Crippen molar-refractivity contribution in [1.82, 2.24) is 4.90 Å². The third-order valence-electron chi connectivity index (χ3n) is 5.53. The first-order valence-corrected chi connectivity index (χ1v) is 11.5. The van der Waals surface area contributed by atoms with Gasteiger partial charge < -0.3 is 9.47 Å². The standard InChI is InChI=1S/C26H34N2O4/c1-5-7-8-9-10-11-15-32-23-13-12-20(17-24(23)31-4)16-21-19(3)22(18-27)26(30)28(14-6-2)25(21)29/h12-13,16-17H,5-11,14-15H2,1-4H3/b21-16+. The third-order valence-corrected chi connectivity index (χ3v) is 5.53. The molecule has 0 aliphatic carbocycles. The summed E-state index contributed by atoms with van der Waals surface area (Å²) in [6, 6.07) is 7.43. The SMILES string of the molecule is CCCCCCCCOc1ccc(/C=C2/C(=O)N(CCC)C(=O)C(C#N)=C2C)cc1OC. The van der Waals surface area contributed by atoms with Crippen LogP contribution >= 0.6 is 0 Å². The quantitative estimate of drug-likeness (QED) is 0.247. The molecule has 1 aliphatic rings. The maximum Gasteiger partial charge on any atom is 0.271 e. The Labute approximate surface area is 191 Å². The lowest BCUT2D eigenvalue weighted by molar-refractivity contribution is -0.140. The van der Waals surface area contributed by atoms with Gasteiger partial charge >= 0.3 is 0 Å². The molecule has 0 bridgehead atoms. The predicted molar refractivity (Wildman–Crippen MR) is 125 cm³/mol. The molecule has 0 fully saturated rings. The molecule has 1 aromatic rings. The molecule has 172 valence electrons. The van der Waals surface area contributed by atoms with Gasteiger partial charge in [0, 0.05) is 12.1 Å². The summed E-state index contributed by atoms with van der Waals surface area (Å²) >= 11 is 0. The molecule has 6 heteroatoms. The monoisotopic (exact) mass is 438 g/mol. The second kappa shape index (κ2) is 12.7. The van der Waals surface area contributed by atoms with Crippen LogP contribution in [0.1, 0.15) is 71.3 Å². The summed E-state index contributed by atoms with van der Waals surface area (Å²) in [5, 5.41) is 9.44. The number of nitrogens with zero attached hydrogens (tertiary/aromatic N) is 2. The first-order valence-electron chi connectivity index (χ1n) is 11.5. The highest BCUT2D eigenvalue weighted by molar-refractivity contribution is 6.19. The van der Waals surface area contributed by atoms with E-state index in [0.29, 0.717) is 35.7 Å². The number of hydrogen-bond acceptors (Lipinski definition) is 5. The molecule has 1 aliphatic heterocycles. The van der Waals surface area contributed by atoms with Gasteiger partial charge in [0.25, 0.3) is 11.8 Å². The van der Waals surface area contributed by atoms with E-state index < -0.39 is 5.91 Å². The summed E-state index contributed by atoms with van der Waals surface area (Å²) in [4.78, 5) is 26.5. The van der Waals surface area contributed by atoms with Gasteiger partial charge in [-0.25, -0.2) is 0 Å². The summed E-state index contributed by atoms with van der Waals surface area (Å²) < 4.78 is 11.4. The number of carbonyl (C=O) groups excluding carboxylic acids is 2. The van der Waals surface area contributed by atoms with Gasteiger partial charge in [-0.3, -0.25) is 14.5 Å². The lowest BCUT2D eigenvalue weighted by Crippen LogP contribution is -2.43. The number of imide groups is 1. The van der Waals surface area contributed by atoms with Crippen molar-refractivity contribution in [2.45, 2.75) is 65.7 Å². The highest BCUT2D eigenvalue weighted by Gasteiger charge is 2.34. The molecule has 0 radical (unpaired) electrons. The van der Waals surface area contributed by atoms with Crippen LogP contribution in [0.5, 0.6) is 11.5 Å². The van der Waals surface area contributed by atoms with Gasteiger partial charge in [-0.2, -0.15) is 5.26 Å². The van der Waals surface area contributed by atoms with Crippen LogP contribution in [0.4, 0.5) is 0 Å². The maximum atomic E-state index is 12.9. The molecule has 0 unspecified atom stereocenters. The van der Waals surface area contributed by atoms with Crippen molar-refractivity contribution in [2.75, 3.05) is 20.3 Å². The molecule has 6 nitrogen and oxygen atoms in total. The predicted octanol–water partition coefficient (Wildman–Crippen LogP) is 5.44. The van der Waals surface area contributed by atoms with Gasteiger partial charge in [0.15, 0.2) is 11.5 Å². The first-order chi connectivity index (χ1) is 15.5. The van der Waals surface area contributed by atoms with E-state index in [-0.39, 0.29) is 18.0 Å². The average Bonchev–Trinajstić information content (AvgIpc) is 2.79. The van der Waals surface area contributed by atoms with E-state index >= 15 is 0 Å². The zero-order valence-electron chi connectivity index (χ0n) is 19.7. The zero-order chi connectivity index (χ0) is 23.5. The molecule has 0 N–H and O–H groups in total. The fraction of sp³-hybridized carbons (Fsp3) is 0.500. The number of unbranched alkanes of at least 4 members (excludes halogenated alkanes) is 5. The van der Waals surface area contributed by atoms with E-state index in [0.717, 1.165) is 23.3 Å². The Morgan fingerprint density at radius 3 is 2.38 bits per heavy atom. The summed E-state index contributed by atoms with van der Waals surface area (Å²) in [6.07, 6.45) is 9.48. The van der Waals surface area contributed by atoms with Crippen LogP contribution in [-0.4, -0.2) is 37.0 Å². The van der Waals surface area contributed by atoms with Crippen LogP contribution in [0, 0.1) is 11.3 Å². The van der Waals surface area contributed by atoms with Gasteiger partial charge in [0.1, 0.15) is 11.6 Å². The summed E-state index contributed by atoms with van der Waals surface area (Å²) in [5.74, 6) is 0.337. The second-order valence-electron chi connectivity index (χ2n) is 7.96. The van der Waals surface area contributed by atoms with Gasteiger partial charge in [-0.15, -0.1) is 0 Å². The minimum Gasteiger partial charge on any atom is -0.493 e. The third kappa shape index (κ3) is 6.23. The molecule has 1 aromatic carbocycles. The minimum atomic E-state index is -0.523. The molecule has 0 spiro atoms. The van der Waals surface area contributed by atoms with Gasteiger partial charge in [0.2, 0.25) is 0 Å². The molecule has 2 rings (SSSR count). The Kier molecular flexibility index (Phi) is 10.0. The molecule has 0 aromatic heterocycles. The Morgan fingerprint density at radius 1 is 1.00 bits per heavy atom. The Balaban J connectivity index is 2.19. The number of nitriles is 1. The van der Waals surface area contributed by atoms with Crippen LogP contribution < -0.4 is 9.47 Å². The van der Waals surface area contributed by atoms with Crippen LogP contribution in [0.3, 0.4) is 0 Å². The van der Waals surface area contributed by atoms with Crippen molar-refractivity contribution in [1.29, 1.82) is 5.26 Å². The lowest BCUT2D eigenvalue weighted by Gasteiger charge is -2.27. The number of carbonyl (C=O) groups is 2. The molecule has 0 atom stereocenters. The molecule has 0 saturated carbocycles. The summed E-state index contributed by atoms with van der Waals surface area (Å²) in [5.41, 5.74) is 1.49. The zero-order valence-corrected chi connectivity index (χ0v) is 19.7. The van der Waals surface area contributed by atoms with E-state index in [1.807, 2.05) is 25.1 Å². The normalized spacial score (nSPS) is 15.3. The van der Waals surface area contributed by atoms with Gasteiger partial charge in [-0.05, 0) is 49.1 Å². The number of amides is 2. The summed E-state index contributed by atoms with van der Waals surface area (Å²) in [6.45, 7) is 6.64. The van der Waals surface area contributed by atoms with Crippen LogP contribution in [-0.2, 0) is 9.59 Å². The van der Waals surface area contributed by atoms with Gasteiger partial charge in [0.05, 0.1) is 13.7 Å². The van der Waals surface area contributed by atoms with E-state index in [1.54, 1.807) is 26.2 Å².